The van der Waals surface area contributed by atoms with Crippen LogP contribution in [0.1, 0.15) is 19.3 Å². The van der Waals surface area contributed by atoms with Gasteiger partial charge in [0.05, 0.1) is 0 Å². The lowest BCUT2D eigenvalue weighted by Gasteiger charge is -2.45. The molecule has 0 aromatic rings. The van der Waals surface area contributed by atoms with Gasteiger partial charge in [0.15, 0.2) is 5.41 Å². The van der Waals surface area contributed by atoms with E-state index in [0.29, 0.717) is 0 Å². The molecule has 6 N–H and O–H groups in total. The van der Waals surface area contributed by atoms with Crippen molar-refractivity contribution in [1.82, 2.24) is 0 Å². The largest absolute Gasteiger partial charge is 0.480 e. The first-order valence-corrected chi connectivity index (χ1v) is 5.34. The Labute approximate surface area is 106 Å². The molecule has 1 saturated carbocycles. The first kappa shape index (κ1) is 14.9. The predicted molar refractivity (Wildman–Crippen MR) is 57.2 cm³/mol. The second-order valence-corrected chi connectivity index (χ2v) is 4.43. The first-order chi connectivity index (χ1) is 8.65. The Hall–Kier alpha value is -2.16. The molecule has 1 aliphatic carbocycles. The summed E-state index contributed by atoms with van der Waals surface area (Å²) in [6, 6.07) is -1.61. The van der Waals surface area contributed by atoms with Crippen LogP contribution < -0.4 is 5.73 Å². The minimum atomic E-state index is -3.09. The Bertz CT molecular complexity index is 428. The topological polar surface area (TPSA) is 175 Å². The molecule has 9 heteroatoms. The van der Waals surface area contributed by atoms with Gasteiger partial charge in [0.25, 0.3) is 0 Å². The molecule has 1 aliphatic rings. The van der Waals surface area contributed by atoms with Crippen molar-refractivity contribution in [1.29, 1.82) is 0 Å². The Kier molecular flexibility index (Phi) is 3.53. The summed E-state index contributed by atoms with van der Waals surface area (Å²) in [6.45, 7) is 0. The maximum absolute atomic E-state index is 11.4. The smallest absolute Gasteiger partial charge is 0.324 e. The van der Waals surface area contributed by atoms with Gasteiger partial charge in [-0.2, -0.15) is 0 Å². The maximum Gasteiger partial charge on any atom is 0.324 e. The lowest BCUT2D eigenvalue weighted by Crippen LogP contribution is -2.70. The van der Waals surface area contributed by atoms with Crippen molar-refractivity contribution in [2.75, 3.05) is 0 Å². The minimum absolute atomic E-state index is 0.0159. The molecule has 9 nitrogen and oxygen atoms in total. The second kappa shape index (κ2) is 4.50. The second-order valence-electron chi connectivity index (χ2n) is 4.43. The molecule has 0 heterocycles. The van der Waals surface area contributed by atoms with Gasteiger partial charge in [0, 0.05) is 6.04 Å². The number of nitrogens with two attached hydrogens (primary N) is 1. The highest BCUT2D eigenvalue weighted by Crippen LogP contribution is 2.51. The minimum Gasteiger partial charge on any atom is -0.480 e. The number of carbonyl (C=O) groups is 4. The lowest BCUT2D eigenvalue weighted by molar-refractivity contribution is -0.202. The van der Waals surface area contributed by atoms with Crippen molar-refractivity contribution in [3.8, 4) is 0 Å². The molecule has 106 valence electrons. The van der Waals surface area contributed by atoms with Gasteiger partial charge in [-0.25, -0.2) is 0 Å². The number of aliphatic carboxylic acids is 4. The molecule has 0 amide bonds. The summed E-state index contributed by atoms with van der Waals surface area (Å²) in [6.07, 6.45) is -0.674. The zero-order chi connectivity index (χ0) is 15.0. The third-order valence-electron chi connectivity index (χ3n) is 3.70. The fraction of sp³-hybridized carbons (Fsp3) is 0.600. The quantitative estimate of drug-likeness (QED) is 0.395. The third-order valence-corrected chi connectivity index (χ3v) is 3.70. The summed E-state index contributed by atoms with van der Waals surface area (Å²) in [7, 11) is 0. The molecule has 1 rings (SSSR count). The zero-order valence-corrected chi connectivity index (χ0v) is 9.70. The van der Waals surface area contributed by atoms with Gasteiger partial charge in [-0.15, -0.1) is 0 Å². The molecule has 0 bridgehead atoms. The summed E-state index contributed by atoms with van der Waals surface area (Å²) in [4.78, 5) is 45.4. The van der Waals surface area contributed by atoms with Crippen molar-refractivity contribution in [3.63, 3.8) is 0 Å². The van der Waals surface area contributed by atoms with Gasteiger partial charge in [-0.05, 0) is 12.8 Å². The average Bonchev–Trinajstić information content (AvgIpc) is 2.26. The number of hydrogen-bond donors (Lipinski definition) is 5. The van der Waals surface area contributed by atoms with Crippen LogP contribution in [0.5, 0.6) is 0 Å². The highest BCUT2D eigenvalue weighted by molar-refractivity contribution is 6.13. The van der Waals surface area contributed by atoms with E-state index in [4.69, 9.17) is 15.9 Å². The molecule has 19 heavy (non-hydrogen) atoms. The monoisotopic (exact) mass is 275 g/mol. The molecule has 0 aromatic heterocycles. The highest BCUT2D eigenvalue weighted by atomic mass is 16.4. The molecule has 1 fully saturated rings. The van der Waals surface area contributed by atoms with Crippen molar-refractivity contribution in [2.24, 2.45) is 16.6 Å². The summed E-state index contributed by atoms with van der Waals surface area (Å²) < 4.78 is 0. The van der Waals surface area contributed by atoms with E-state index in [1.54, 1.807) is 0 Å². The Morgan fingerprint density at radius 2 is 1.32 bits per heavy atom. The van der Waals surface area contributed by atoms with Crippen LogP contribution in [0.3, 0.4) is 0 Å². The fourth-order valence-corrected chi connectivity index (χ4v) is 2.73. The Morgan fingerprint density at radius 3 is 1.58 bits per heavy atom. The van der Waals surface area contributed by atoms with Gasteiger partial charge < -0.3 is 26.2 Å². The van der Waals surface area contributed by atoms with Crippen LogP contribution in [-0.4, -0.2) is 50.3 Å². The van der Waals surface area contributed by atoms with Gasteiger partial charge in [-0.1, -0.05) is 6.42 Å². The molecule has 0 saturated heterocycles. The number of rotatable bonds is 4. The van der Waals surface area contributed by atoms with Crippen molar-refractivity contribution >= 4 is 23.9 Å². The average molecular weight is 275 g/mol. The van der Waals surface area contributed by atoms with Crippen molar-refractivity contribution in [3.05, 3.63) is 0 Å². The lowest BCUT2D eigenvalue weighted by atomic mass is 9.53. The van der Waals surface area contributed by atoms with Gasteiger partial charge in [0.1, 0.15) is 0 Å². The van der Waals surface area contributed by atoms with Gasteiger partial charge >= 0.3 is 23.9 Å². The van der Waals surface area contributed by atoms with Crippen LogP contribution in [0.2, 0.25) is 0 Å². The Morgan fingerprint density at radius 1 is 0.895 bits per heavy atom. The third kappa shape index (κ3) is 1.58. The van der Waals surface area contributed by atoms with E-state index in [9.17, 15) is 29.4 Å². The number of hydrogen-bond acceptors (Lipinski definition) is 5. The van der Waals surface area contributed by atoms with Crippen molar-refractivity contribution in [2.45, 2.75) is 25.3 Å². The SMILES string of the molecule is NC1CCCC(C(=O)O)(C(=O)O)C1(C(=O)O)C(=O)O. The molecule has 0 spiro atoms. The van der Waals surface area contributed by atoms with E-state index in [0.717, 1.165) is 0 Å². The standard InChI is InChI=1S/C10H13NO8/c11-4-2-1-3-9(5(12)13,6(14)15)10(4,7(16)17)8(18)19/h4H,1-3,11H2,(H,12,13)(H,14,15)(H,16,17)(H,18,19). The van der Waals surface area contributed by atoms with E-state index in [2.05, 4.69) is 0 Å². The fourth-order valence-electron chi connectivity index (χ4n) is 2.73. The molecule has 0 radical (unpaired) electrons. The highest BCUT2D eigenvalue weighted by Gasteiger charge is 2.75. The van der Waals surface area contributed by atoms with E-state index < -0.39 is 47.2 Å². The molecular formula is C10H13NO8. The number of carboxylic acid groups (broad SMARTS) is 4. The first-order valence-electron chi connectivity index (χ1n) is 5.34. The van der Waals surface area contributed by atoms with Crippen LogP contribution in [0.15, 0.2) is 0 Å². The van der Waals surface area contributed by atoms with E-state index in [1.807, 2.05) is 0 Å². The van der Waals surface area contributed by atoms with E-state index in [1.165, 1.54) is 0 Å². The zero-order valence-electron chi connectivity index (χ0n) is 9.70. The Balaban J connectivity index is 3.74. The van der Waals surface area contributed by atoms with Crippen molar-refractivity contribution < 1.29 is 39.6 Å². The normalized spacial score (nSPS) is 24.4. The number of carboxylic acids is 4. The van der Waals surface area contributed by atoms with Gasteiger partial charge in [0.2, 0.25) is 5.41 Å². The maximum atomic E-state index is 11.4. The summed E-state index contributed by atoms with van der Waals surface area (Å²) in [5, 5.41) is 36.6. The van der Waals surface area contributed by atoms with Crippen LogP contribution in [0.25, 0.3) is 0 Å². The van der Waals surface area contributed by atoms with E-state index >= 15 is 0 Å². The van der Waals surface area contributed by atoms with Crippen LogP contribution in [0, 0.1) is 10.8 Å². The predicted octanol–water partition coefficient (Wildman–Crippen LogP) is -1.19. The molecule has 1 unspecified atom stereocenters. The summed E-state index contributed by atoms with van der Waals surface area (Å²) in [5.41, 5.74) is -0.599. The van der Waals surface area contributed by atoms with Crippen LogP contribution >= 0.6 is 0 Å². The molecular weight excluding hydrogens is 262 g/mol. The van der Waals surface area contributed by atoms with Crippen LogP contribution in [0.4, 0.5) is 0 Å². The molecule has 1 atom stereocenters. The molecule has 0 aromatic carbocycles. The van der Waals surface area contributed by atoms with Crippen LogP contribution in [-0.2, 0) is 19.2 Å². The van der Waals surface area contributed by atoms with E-state index in [-0.39, 0.29) is 12.8 Å². The summed E-state index contributed by atoms with van der Waals surface area (Å²) in [5.74, 6) is -8.14. The summed E-state index contributed by atoms with van der Waals surface area (Å²) >= 11 is 0. The van der Waals surface area contributed by atoms with Gasteiger partial charge in [-0.3, -0.25) is 19.2 Å². The molecule has 0 aliphatic heterocycles.